The van der Waals surface area contributed by atoms with Gasteiger partial charge in [-0.3, -0.25) is 10.1 Å². The summed E-state index contributed by atoms with van der Waals surface area (Å²) in [6.45, 7) is 1.90. The van der Waals surface area contributed by atoms with Crippen molar-refractivity contribution in [3.63, 3.8) is 0 Å². The standard InChI is InChI=1S/C13H14N2O2/c1-10-7-11(13(9-14)5-2-6-13)3-4-12(8-10)15(16)17/h3-4,7-8,10H,2,5-6H2,1H3. The average Bonchev–Trinajstić information content (AvgIpc) is 2.40. The molecule has 1 fully saturated rings. The number of hydrogen-bond donors (Lipinski definition) is 0. The molecule has 0 aromatic rings. The molecule has 0 aromatic carbocycles. The normalized spacial score (nSPS) is 26.0. The largest absolute Gasteiger partial charge is 0.266 e. The maximum Gasteiger partial charge on any atom is 0.266 e. The molecule has 1 unspecified atom stereocenters. The number of nitriles is 1. The Morgan fingerprint density at radius 3 is 2.65 bits per heavy atom. The number of allylic oxidation sites excluding steroid dienone is 5. The summed E-state index contributed by atoms with van der Waals surface area (Å²) in [6, 6.07) is 2.36. The zero-order valence-electron chi connectivity index (χ0n) is 9.72. The summed E-state index contributed by atoms with van der Waals surface area (Å²) in [6.07, 6.45) is 9.61. The van der Waals surface area contributed by atoms with E-state index in [0.717, 1.165) is 24.8 Å². The Labute approximate surface area is 100 Å². The maximum atomic E-state index is 10.8. The van der Waals surface area contributed by atoms with Gasteiger partial charge in [-0.05, 0) is 30.8 Å². The van der Waals surface area contributed by atoms with Crippen LogP contribution in [0.5, 0.6) is 0 Å². The number of rotatable bonds is 2. The van der Waals surface area contributed by atoms with Gasteiger partial charge in [0.25, 0.3) is 5.70 Å². The molecule has 4 nitrogen and oxygen atoms in total. The van der Waals surface area contributed by atoms with Gasteiger partial charge in [-0.1, -0.05) is 19.1 Å². The lowest BCUT2D eigenvalue weighted by molar-refractivity contribution is -0.419. The Bertz CT molecular complexity index is 476. The number of hydrogen-bond acceptors (Lipinski definition) is 3. The molecule has 0 radical (unpaired) electrons. The zero-order chi connectivity index (χ0) is 12.5. The molecular formula is C13H14N2O2. The fraction of sp³-hybridized carbons (Fsp3) is 0.462. The molecule has 2 aliphatic rings. The van der Waals surface area contributed by atoms with Gasteiger partial charge in [0.2, 0.25) is 0 Å². The first-order valence-corrected chi connectivity index (χ1v) is 5.75. The Hall–Kier alpha value is -1.89. The van der Waals surface area contributed by atoms with Crippen LogP contribution in [0.2, 0.25) is 0 Å². The first kappa shape index (κ1) is 11.6. The van der Waals surface area contributed by atoms with Gasteiger partial charge in [-0.15, -0.1) is 0 Å². The molecule has 1 atom stereocenters. The van der Waals surface area contributed by atoms with E-state index in [1.807, 2.05) is 13.0 Å². The average molecular weight is 230 g/mol. The summed E-state index contributed by atoms with van der Waals surface area (Å²) in [7, 11) is 0. The molecule has 2 aliphatic carbocycles. The van der Waals surface area contributed by atoms with Gasteiger partial charge < -0.3 is 0 Å². The van der Waals surface area contributed by atoms with E-state index in [2.05, 4.69) is 6.07 Å². The highest BCUT2D eigenvalue weighted by Gasteiger charge is 2.40. The molecule has 0 heterocycles. The third kappa shape index (κ3) is 2.01. The number of nitro groups is 1. The summed E-state index contributed by atoms with van der Waals surface area (Å²) in [5, 5.41) is 20.0. The van der Waals surface area contributed by atoms with Crippen LogP contribution in [0.1, 0.15) is 26.2 Å². The van der Waals surface area contributed by atoms with E-state index in [9.17, 15) is 15.4 Å². The van der Waals surface area contributed by atoms with Crippen molar-refractivity contribution in [2.45, 2.75) is 26.2 Å². The highest BCUT2D eigenvalue weighted by Crippen LogP contribution is 2.47. The van der Waals surface area contributed by atoms with Crippen LogP contribution in [0.4, 0.5) is 0 Å². The van der Waals surface area contributed by atoms with Crippen molar-refractivity contribution < 1.29 is 4.92 Å². The van der Waals surface area contributed by atoms with Crippen LogP contribution in [-0.2, 0) is 0 Å². The lowest BCUT2D eigenvalue weighted by Gasteiger charge is -2.36. The van der Waals surface area contributed by atoms with Crippen molar-refractivity contribution in [1.82, 2.24) is 0 Å². The Balaban J connectivity index is 2.32. The highest BCUT2D eigenvalue weighted by atomic mass is 16.6. The van der Waals surface area contributed by atoms with E-state index in [-0.39, 0.29) is 16.5 Å². The van der Waals surface area contributed by atoms with Gasteiger partial charge >= 0.3 is 0 Å². The SMILES string of the molecule is CC1C=C([N+](=O)[O-])C=CC(C2(C#N)CCC2)=C1. The van der Waals surface area contributed by atoms with Gasteiger partial charge in [0.15, 0.2) is 0 Å². The van der Waals surface area contributed by atoms with Crippen molar-refractivity contribution in [1.29, 1.82) is 5.26 Å². The van der Waals surface area contributed by atoms with Crippen LogP contribution in [0, 0.1) is 32.8 Å². The van der Waals surface area contributed by atoms with Crippen molar-refractivity contribution in [2.75, 3.05) is 0 Å². The van der Waals surface area contributed by atoms with E-state index in [1.165, 1.54) is 6.08 Å². The zero-order valence-corrected chi connectivity index (χ0v) is 9.72. The third-order valence-electron chi connectivity index (χ3n) is 3.49. The van der Waals surface area contributed by atoms with Crippen molar-refractivity contribution in [3.05, 3.63) is 45.7 Å². The van der Waals surface area contributed by atoms with Crippen LogP contribution < -0.4 is 0 Å². The molecule has 0 amide bonds. The molecule has 0 spiro atoms. The highest BCUT2D eigenvalue weighted by molar-refractivity contribution is 5.40. The molecule has 1 saturated carbocycles. The lowest BCUT2D eigenvalue weighted by Crippen LogP contribution is -2.29. The number of nitrogens with zero attached hydrogens (tertiary/aromatic N) is 2. The van der Waals surface area contributed by atoms with E-state index in [0.29, 0.717) is 0 Å². The van der Waals surface area contributed by atoms with E-state index in [1.54, 1.807) is 12.2 Å². The van der Waals surface area contributed by atoms with Crippen molar-refractivity contribution >= 4 is 0 Å². The lowest BCUT2D eigenvalue weighted by atomic mass is 9.64. The molecule has 88 valence electrons. The van der Waals surface area contributed by atoms with Gasteiger partial charge in [-0.2, -0.15) is 5.26 Å². The smallest absolute Gasteiger partial charge is 0.258 e. The first-order valence-electron chi connectivity index (χ1n) is 5.75. The summed E-state index contributed by atoms with van der Waals surface area (Å²) in [5.74, 6) is -0.00812. The fourth-order valence-corrected chi connectivity index (χ4v) is 2.32. The van der Waals surface area contributed by atoms with Crippen LogP contribution in [0.3, 0.4) is 0 Å². The van der Waals surface area contributed by atoms with Crippen LogP contribution in [-0.4, -0.2) is 4.92 Å². The Morgan fingerprint density at radius 2 is 2.18 bits per heavy atom. The fourth-order valence-electron chi connectivity index (χ4n) is 2.32. The van der Waals surface area contributed by atoms with Gasteiger partial charge in [-0.25, -0.2) is 0 Å². The second-order valence-electron chi connectivity index (χ2n) is 4.71. The molecule has 2 rings (SSSR count). The Kier molecular flexibility index (Phi) is 2.84. The minimum Gasteiger partial charge on any atom is -0.258 e. The third-order valence-corrected chi connectivity index (χ3v) is 3.49. The molecule has 0 bridgehead atoms. The summed E-state index contributed by atoms with van der Waals surface area (Å²) in [5.41, 5.74) is 0.646. The summed E-state index contributed by atoms with van der Waals surface area (Å²) >= 11 is 0. The predicted molar refractivity (Wildman–Crippen MR) is 63.4 cm³/mol. The van der Waals surface area contributed by atoms with Gasteiger partial charge in [0.05, 0.1) is 16.4 Å². The monoisotopic (exact) mass is 230 g/mol. The van der Waals surface area contributed by atoms with E-state index >= 15 is 0 Å². The van der Waals surface area contributed by atoms with Gasteiger partial charge in [0.1, 0.15) is 0 Å². The molecule has 17 heavy (non-hydrogen) atoms. The second kappa shape index (κ2) is 4.17. The van der Waals surface area contributed by atoms with Crippen molar-refractivity contribution in [2.24, 2.45) is 11.3 Å². The van der Waals surface area contributed by atoms with Crippen LogP contribution in [0.15, 0.2) is 35.6 Å². The molecule has 0 saturated heterocycles. The minimum atomic E-state index is -0.398. The molecule has 0 aromatic heterocycles. The van der Waals surface area contributed by atoms with Crippen LogP contribution in [0.25, 0.3) is 0 Å². The first-order chi connectivity index (χ1) is 8.07. The maximum absolute atomic E-state index is 10.8. The van der Waals surface area contributed by atoms with Gasteiger partial charge in [0, 0.05) is 12.2 Å². The van der Waals surface area contributed by atoms with E-state index < -0.39 is 5.41 Å². The Morgan fingerprint density at radius 1 is 1.47 bits per heavy atom. The summed E-state index contributed by atoms with van der Waals surface area (Å²) < 4.78 is 0. The summed E-state index contributed by atoms with van der Waals surface area (Å²) in [4.78, 5) is 10.4. The second-order valence-corrected chi connectivity index (χ2v) is 4.71. The quantitative estimate of drug-likeness (QED) is 0.541. The molecule has 0 aliphatic heterocycles. The molecular weight excluding hydrogens is 216 g/mol. The topological polar surface area (TPSA) is 66.9 Å². The van der Waals surface area contributed by atoms with Crippen molar-refractivity contribution in [3.8, 4) is 6.07 Å². The van der Waals surface area contributed by atoms with E-state index in [4.69, 9.17) is 0 Å². The molecule has 0 N–H and O–H groups in total. The van der Waals surface area contributed by atoms with Crippen LogP contribution >= 0.6 is 0 Å². The predicted octanol–water partition coefficient (Wildman–Crippen LogP) is 2.97. The minimum absolute atomic E-state index is 0.00812. The molecule has 4 heteroatoms.